The Morgan fingerprint density at radius 3 is 3.00 bits per heavy atom. The summed E-state index contributed by atoms with van der Waals surface area (Å²) in [5, 5.41) is 5.70. The Bertz CT molecular complexity index is 663. The molecule has 0 radical (unpaired) electrons. The van der Waals surface area contributed by atoms with Gasteiger partial charge in [0.05, 0.1) is 18.2 Å². The Balaban J connectivity index is 1.42. The molecule has 1 aromatic heterocycles. The van der Waals surface area contributed by atoms with Crippen LogP contribution >= 0.6 is 11.3 Å². The van der Waals surface area contributed by atoms with Gasteiger partial charge in [0.25, 0.3) is 0 Å². The van der Waals surface area contributed by atoms with Crippen molar-refractivity contribution in [1.29, 1.82) is 0 Å². The van der Waals surface area contributed by atoms with Crippen molar-refractivity contribution < 1.29 is 14.3 Å². The van der Waals surface area contributed by atoms with Crippen LogP contribution in [0.1, 0.15) is 29.1 Å². The third-order valence-corrected chi connectivity index (χ3v) is 4.75. The summed E-state index contributed by atoms with van der Waals surface area (Å²) in [6.45, 7) is 3.86. The number of amides is 1. The smallest absolute Gasteiger partial charge is 0.226 e. The lowest BCUT2D eigenvalue weighted by Crippen LogP contribution is -2.32. The molecule has 1 aliphatic rings. The molecule has 1 saturated heterocycles. The number of carbonyl (C=O) groups is 1. The molecule has 5 nitrogen and oxygen atoms in total. The Morgan fingerprint density at radius 2 is 2.25 bits per heavy atom. The Labute approximate surface area is 146 Å². The minimum absolute atomic E-state index is 0.0122. The maximum absolute atomic E-state index is 12.0. The lowest BCUT2D eigenvalue weighted by atomic mass is 10.2. The number of aromatic nitrogens is 1. The Hall–Kier alpha value is -1.92. The first-order valence-corrected chi connectivity index (χ1v) is 9.08. The van der Waals surface area contributed by atoms with Crippen LogP contribution in [0.25, 0.3) is 0 Å². The molecule has 0 bridgehead atoms. The molecule has 0 aliphatic carbocycles. The van der Waals surface area contributed by atoms with Gasteiger partial charge in [-0.25, -0.2) is 4.98 Å². The molecule has 1 fully saturated rings. The predicted octanol–water partition coefficient (Wildman–Crippen LogP) is 2.87. The zero-order valence-corrected chi connectivity index (χ0v) is 14.6. The van der Waals surface area contributed by atoms with Crippen molar-refractivity contribution in [2.24, 2.45) is 0 Å². The van der Waals surface area contributed by atoms with Gasteiger partial charge in [-0.3, -0.25) is 4.79 Å². The third kappa shape index (κ3) is 5.04. The maximum atomic E-state index is 12.0. The van der Waals surface area contributed by atoms with Crippen LogP contribution in [0, 0.1) is 6.92 Å². The van der Waals surface area contributed by atoms with E-state index in [1.165, 1.54) is 16.9 Å². The number of nitrogens with one attached hydrogen (secondary N) is 1. The van der Waals surface area contributed by atoms with Crippen molar-refractivity contribution in [3.63, 3.8) is 0 Å². The summed E-state index contributed by atoms with van der Waals surface area (Å²) in [5.41, 5.74) is 1.99. The number of hydrogen-bond acceptors (Lipinski definition) is 5. The lowest BCUT2D eigenvalue weighted by Gasteiger charge is -2.10. The molecule has 1 atom stereocenters. The molecule has 1 amide bonds. The molecule has 2 aromatic rings. The number of aryl methyl sites for hydroxylation is 1. The number of hydrogen-bond donors (Lipinski definition) is 1. The van der Waals surface area contributed by atoms with Crippen molar-refractivity contribution in [3.8, 4) is 5.75 Å². The summed E-state index contributed by atoms with van der Waals surface area (Å²) in [5.74, 6) is 0.813. The summed E-state index contributed by atoms with van der Waals surface area (Å²) in [6, 6.07) is 7.92. The van der Waals surface area contributed by atoms with Crippen LogP contribution in [0.5, 0.6) is 5.75 Å². The van der Waals surface area contributed by atoms with Crippen molar-refractivity contribution in [1.82, 2.24) is 10.3 Å². The van der Waals surface area contributed by atoms with Gasteiger partial charge in [0, 0.05) is 18.5 Å². The van der Waals surface area contributed by atoms with Crippen LogP contribution in [-0.4, -0.2) is 30.1 Å². The number of rotatable bonds is 7. The molecule has 6 heteroatoms. The van der Waals surface area contributed by atoms with E-state index >= 15 is 0 Å². The van der Waals surface area contributed by atoms with E-state index in [9.17, 15) is 4.79 Å². The monoisotopic (exact) mass is 346 g/mol. The second kappa shape index (κ2) is 8.26. The van der Waals surface area contributed by atoms with E-state index < -0.39 is 0 Å². The second-order valence-electron chi connectivity index (χ2n) is 5.95. The molecule has 0 saturated carbocycles. The molecule has 3 rings (SSSR count). The molecule has 0 spiro atoms. The third-order valence-electron chi connectivity index (χ3n) is 3.88. The molecule has 24 heavy (non-hydrogen) atoms. The fourth-order valence-electron chi connectivity index (χ4n) is 2.54. The van der Waals surface area contributed by atoms with Crippen LogP contribution < -0.4 is 10.1 Å². The fourth-order valence-corrected chi connectivity index (χ4v) is 3.24. The van der Waals surface area contributed by atoms with Gasteiger partial charge in [0.2, 0.25) is 5.91 Å². The topological polar surface area (TPSA) is 60.5 Å². The maximum Gasteiger partial charge on any atom is 0.226 e. The fraction of sp³-hybridized carbons (Fsp3) is 0.444. The molecule has 1 aromatic carbocycles. The van der Waals surface area contributed by atoms with E-state index in [4.69, 9.17) is 9.47 Å². The highest BCUT2D eigenvalue weighted by molar-refractivity contribution is 7.09. The van der Waals surface area contributed by atoms with E-state index in [2.05, 4.69) is 10.3 Å². The molecular formula is C18H22N2O3S. The van der Waals surface area contributed by atoms with Crippen LogP contribution in [0.15, 0.2) is 29.6 Å². The molecule has 2 heterocycles. The van der Waals surface area contributed by atoms with Crippen LogP contribution in [0.3, 0.4) is 0 Å². The Morgan fingerprint density at radius 1 is 1.42 bits per heavy atom. The average molecular weight is 346 g/mol. The minimum atomic E-state index is -0.0122. The van der Waals surface area contributed by atoms with E-state index in [-0.39, 0.29) is 12.0 Å². The van der Waals surface area contributed by atoms with E-state index in [1.807, 2.05) is 36.6 Å². The lowest BCUT2D eigenvalue weighted by molar-refractivity contribution is -0.121. The van der Waals surface area contributed by atoms with Crippen LogP contribution in [0.4, 0.5) is 0 Å². The van der Waals surface area contributed by atoms with E-state index in [1.54, 1.807) is 0 Å². The van der Waals surface area contributed by atoms with Crippen LogP contribution in [0.2, 0.25) is 0 Å². The molecule has 128 valence electrons. The van der Waals surface area contributed by atoms with Gasteiger partial charge in [-0.2, -0.15) is 0 Å². The van der Waals surface area contributed by atoms with Gasteiger partial charge in [0.15, 0.2) is 0 Å². The molecule has 0 unspecified atom stereocenters. The van der Waals surface area contributed by atoms with Crippen LogP contribution in [-0.2, 0) is 22.6 Å². The standard InChI is InChI=1S/C18H22N2O3S/c1-13-4-6-15(7-5-13)23-11-18-20-14(12-24-18)9-17(21)19-10-16-3-2-8-22-16/h4-7,12,16H,2-3,8-11H2,1H3,(H,19,21)/t16-/m1/s1. The minimum Gasteiger partial charge on any atom is -0.486 e. The summed E-state index contributed by atoms with van der Waals surface area (Å²) >= 11 is 1.52. The molecule has 1 N–H and O–H groups in total. The second-order valence-corrected chi connectivity index (χ2v) is 6.89. The van der Waals surface area contributed by atoms with Crippen molar-refractivity contribution >= 4 is 17.2 Å². The first-order chi connectivity index (χ1) is 11.7. The largest absolute Gasteiger partial charge is 0.486 e. The predicted molar refractivity (Wildman–Crippen MR) is 93.3 cm³/mol. The summed E-state index contributed by atoms with van der Waals surface area (Å²) in [7, 11) is 0. The number of ether oxygens (including phenoxy) is 2. The number of carbonyl (C=O) groups excluding carboxylic acids is 1. The van der Waals surface area contributed by atoms with E-state index in [0.717, 1.165) is 35.9 Å². The van der Waals surface area contributed by atoms with Crippen molar-refractivity contribution in [2.75, 3.05) is 13.2 Å². The first-order valence-electron chi connectivity index (χ1n) is 8.20. The van der Waals surface area contributed by atoms with Crippen molar-refractivity contribution in [3.05, 3.63) is 45.9 Å². The average Bonchev–Trinajstić information content (AvgIpc) is 3.24. The summed E-state index contributed by atoms with van der Waals surface area (Å²) < 4.78 is 11.2. The normalized spacial score (nSPS) is 17.0. The molecule has 1 aliphatic heterocycles. The Kier molecular flexibility index (Phi) is 5.82. The zero-order chi connectivity index (χ0) is 16.8. The van der Waals surface area contributed by atoms with E-state index in [0.29, 0.717) is 19.6 Å². The zero-order valence-electron chi connectivity index (χ0n) is 13.8. The van der Waals surface area contributed by atoms with Gasteiger partial charge >= 0.3 is 0 Å². The van der Waals surface area contributed by atoms with Gasteiger partial charge in [-0.15, -0.1) is 11.3 Å². The number of thiazole rings is 1. The highest BCUT2D eigenvalue weighted by Crippen LogP contribution is 2.16. The number of nitrogens with zero attached hydrogens (tertiary/aromatic N) is 1. The van der Waals surface area contributed by atoms with Gasteiger partial charge < -0.3 is 14.8 Å². The van der Waals surface area contributed by atoms with Gasteiger partial charge in [0.1, 0.15) is 17.4 Å². The van der Waals surface area contributed by atoms with Crippen molar-refractivity contribution in [2.45, 2.75) is 38.9 Å². The summed E-state index contributed by atoms with van der Waals surface area (Å²) in [6.07, 6.45) is 2.57. The molecular weight excluding hydrogens is 324 g/mol. The number of benzene rings is 1. The summed E-state index contributed by atoms with van der Waals surface area (Å²) in [4.78, 5) is 16.4. The SMILES string of the molecule is Cc1ccc(OCc2nc(CC(=O)NC[C@H]3CCCO3)cs2)cc1. The quantitative estimate of drug-likeness (QED) is 0.837. The van der Waals surface area contributed by atoms with Gasteiger partial charge in [-0.1, -0.05) is 17.7 Å². The highest BCUT2D eigenvalue weighted by atomic mass is 32.1. The van der Waals surface area contributed by atoms with Gasteiger partial charge in [-0.05, 0) is 31.9 Å². The first kappa shape index (κ1) is 16.9. The highest BCUT2D eigenvalue weighted by Gasteiger charge is 2.16.